The van der Waals surface area contributed by atoms with Gasteiger partial charge in [-0.3, -0.25) is 4.79 Å². The van der Waals surface area contributed by atoms with Gasteiger partial charge in [-0.25, -0.2) is 12.7 Å². The molecule has 0 radical (unpaired) electrons. The van der Waals surface area contributed by atoms with Crippen molar-refractivity contribution in [3.05, 3.63) is 59.5 Å². The molecular formula is C28H36N2O4S. The Bertz CT molecular complexity index is 1230. The summed E-state index contributed by atoms with van der Waals surface area (Å²) in [6, 6.07) is 11.9. The molecule has 35 heavy (non-hydrogen) atoms. The molecular weight excluding hydrogens is 460 g/mol. The molecule has 1 aromatic heterocycles. The van der Waals surface area contributed by atoms with E-state index in [0.29, 0.717) is 19.0 Å². The first-order valence-electron chi connectivity index (χ1n) is 13.1. The van der Waals surface area contributed by atoms with Gasteiger partial charge in [0.25, 0.3) is 5.91 Å². The molecule has 3 fully saturated rings. The third-order valence-corrected chi connectivity index (χ3v) is 12.5. The van der Waals surface area contributed by atoms with E-state index in [4.69, 9.17) is 4.42 Å². The lowest BCUT2D eigenvalue weighted by molar-refractivity contribution is 0.0803. The second-order valence-electron chi connectivity index (χ2n) is 11.9. The minimum absolute atomic E-state index is 0.107. The lowest BCUT2D eigenvalue weighted by atomic mass is 9.69. The molecule has 6 rings (SSSR count). The summed E-state index contributed by atoms with van der Waals surface area (Å²) in [4.78, 5) is 12.8. The van der Waals surface area contributed by atoms with E-state index in [2.05, 4.69) is 43.4 Å². The fourth-order valence-electron chi connectivity index (χ4n) is 8.15. The molecule has 1 aromatic carbocycles. The Hall–Kier alpha value is -2.12. The summed E-state index contributed by atoms with van der Waals surface area (Å²) in [7, 11) is -3.47. The number of nitrogens with zero attached hydrogens (tertiary/aromatic N) is 1. The predicted molar refractivity (Wildman–Crippen MR) is 135 cm³/mol. The van der Waals surface area contributed by atoms with Gasteiger partial charge in [0.1, 0.15) is 0 Å². The Balaban J connectivity index is 1.21. The number of aryl methyl sites for hydroxylation is 1. The van der Waals surface area contributed by atoms with Crippen molar-refractivity contribution in [2.45, 2.75) is 70.3 Å². The van der Waals surface area contributed by atoms with Crippen LogP contribution in [0.5, 0.6) is 0 Å². The van der Waals surface area contributed by atoms with Gasteiger partial charge in [-0.15, -0.1) is 0 Å². The number of carbonyl (C=O) groups is 1. The fraction of sp³-hybridized carbons (Fsp3) is 0.607. The third kappa shape index (κ3) is 3.45. The number of rotatable bonds is 5. The Labute approximate surface area is 208 Å². The molecule has 2 saturated carbocycles. The second-order valence-corrected chi connectivity index (χ2v) is 13.9. The maximum Gasteiger partial charge on any atom is 0.287 e. The maximum absolute atomic E-state index is 13.9. The van der Waals surface area contributed by atoms with E-state index < -0.39 is 15.4 Å². The molecule has 1 aliphatic heterocycles. The number of furan rings is 1. The van der Waals surface area contributed by atoms with E-state index in [1.807, 2.05) is 0 Å². The molecule has 2 bridgehead atoms. The zero-order chi connectivity index (χ0) is 24.5. The highest BCUT2D eigenvalue weighted by Gasteiger charge is 2.66. The van der Waals surface area contributed by atoms with Crippen LogP contribution in [0.3, 0.4) is 0 Å². The lowest BCUT2D eigenvalue weighted by Crippen LogP contribution is -2.55. The van der Waals surface area contributed by atoms with Crippen molar-refractivity contribution in [1.82, 2.24) is 9.62 Å². The Morgan fingerprint density at radius 2 is 1.86 bits per heavy atom. The molecule has 188 valence electrons. The molecule has 1 amide bonds. The van der Waals surface area contributed by atoms with Crippen LogP contribution < -0.4 is 5.32 Å². The molecule has 2 heterocycles. The zero-order valence-corrected chi connectivity index (χ0v) is 21.6. The van der Waals surface area contributed by atoms with Gasteiger partial charge in [-0.05, 0) is 85.0 Å². The van der Waals surface area contributed by atoms with Crippen LogP contribution >= 0.6 is 0 Å². The quantitative estimate of drug-likeness (QED) is 0.660. The predicted octanol–water partition coefficient (Wildman–Crippen LogP) is 4.51. The van der Waals surface area contributed by atoms with Crippen LogP contribution in [0.1, 0.15) is 74.1 Å². The average Bonchev–Trinajstić information content (AvgIpc) is 3.58. The van der Waals surface area contributed by atoms with Gasteiger partial charge in [0.15, 0.2) is 5.76 Å². The molecule has 3 aliphatic carbocycles. The summed E-state index contributed by atoms with van der Waals surface area (Å²) in [5.41, 5.74) is 2.39. The third-order valence-electron chi connectivity index (χ3n) is 10.5. The van der Waals surface area contributed by atoms with Crippen molar-refractivity contribution in [3.8, 4) is 0 Å². The monoisotopic (exact) mass is 496 g/mol. The lowest BCUT2D eigenvalue weighted by Gasteiger charge is -2.45. The molecule has 2 aromatic rings. The van der Waals surface area contributed by atoms with Crippen molar-refractivity contribution < 1.29 is 17.6 Å². The van der Waals surface area contributed by atoms with Gasteiger partial charge >= 0.3 is 0 Å². The van der Waals surface area contributed by atoms with Crippen LogP contribution in [0, 0.1) is 16.7 Å². The van der Waals surface area contributed by atoms with E-state index in [-0.39, 0.29) is 34.3 Å². The molecule has 1 saturated heterocycles. The Morgan fingerprint density at radius 3 is 2.57 bits per heavy atom. The molecule has 1 spiro atoms. The number of nitrogens with one attached hydrogen (secondary N) is 1. The number of hydrogen-bond acceptors (Lipinski definition) is 4. The average molecular weight is 497 g/mol. The van der Waals surface area contributed by atoms with Crippen LogP contribution in [0.2, 0.25) is 0 Å². The highest BCUT2D eigenvalue weighted by Crippen LogP contribution is 2.66. The summed E-state index contributed by atoms with van der Waals surface area (Å²) >= 11 is 0. The minimum atomic E-state index is -3.47. The zero-order valence-electron chi connectivity index (χ0n) is 20.8. The van der Waals surface area contributed by atoms with Crippen LogP contribution in [-0.4, -0.2) is 43.5 Å². The Morgan fingerprint density at radius 1 is 1.09 bits per heavy atom. The van der Waals surface area contributed by atoms with E-state index in [9.17, 15) is 13.2 Å². The van der Waals surface area contributed by atoms with Gasteiger partial charge in [-0.2, -0.15) is 0 Å². The first-order chi connectivity index (χ1) is 16.7. The maximum atomic E-state index is 13.9. The highest BCUT2D eigenvalue weighted by molar-refractivity contribution is 7.89. The van der Waals surface area contributed by atoms with Gasteiger partial charge in [-0.1, -0.05) is 38.1 Å². The van der Waals surface area contributed by atoms with Crippen molar-refractivity contribution in [1.29, 1.82) is 0 Å². The minimum Gasteiger partial charge on any atom is -0.459 e. The summed E-state index contributed by atoms with van der Waals surface area (Å²) in [5.74, 6) is 0.553. The largest absolute Gasteiger partial charge is 0.459 e. The van der Waals surface area contributed by atoms with Crippen LogP contribution in [0.15, 0.2) is 47.1 Å². The van der Waals surface area contributed by atoms with Gasteiger partial charge in [0.05, 0.1) is 12.0 Å². The van der Waals surface area contributed by atoms with E-state index in [1.165, 1.54) is 17.4 Å². The van der Waals surface area contributed by atoms with Crippen LogP contribution in [-0.2, 0) is 21.9 Å². The number of fused-ring (bicyclic) bond motifs is 4. The normalized spacial score (nSPS) is 31.0. The smallest absolute Gasteiger partial charge is 0.287 e. The van der Waals surface area contributed by atoms with Gasteiger partial charge in [0, 0.05) is 24.5 Å². The topological polar surface area (TPSA) is 79.6 Å². The second kappa shape index (κ2) is 7.94. The van der Waals surface area contributed by atoms with Crippen molar-refractivity contribution >= 4 is 15.9 Å². The first kappa shape index (κ1) is 23.3. The van der Waals surface area contributed by atoms with Crippen molar-refractivity contribution in [2.24, 2.45) is 16.7 Å². The molecule has 3 atom stereocenters. The van der Waals surface area contributed by atoms with Gasteiger partial charge < -0.3 is 9.73 Å². The number of carbonyl (C=O) groups excluding carboxylic acids is 1. The summed E-state index contributed by atoms with van der Waals surface area (Å²) in [5, 5.41) is 3.17. The fourth-order valence-corrected chi connectivity index (χ4v) is 10.4. The van der Waals surface area contributed by atoms with Crippen molar-refractivity contribution in [2.75, 3.05) is 18.8 Å². The number of sulfonamides is 1. The molecule has 1 N–H and O–H groups in total. The molecule has 6 nitrogen and oxygen atoms in total. The summed E-state index contributed by atoms with van der Waals surface area (Å²) in [6.07, 6.45) is 8.18. The van der Waals surface area contributed by atoms with E-state index in [1.54, 1.807) is 16.4 Å². The number of hydrogen-bond donors (Lipinski definition) is 1. The standard InChI is InChI=1S/C28H36N2O4S/c1-26(2)21-10-12-28(26,24(18-21)29-25(31)23-8-5-17-34-23)19-35(32,33)30-15-13-27(14-16-30)11-9-20-6-3-4-7-22(20)27/h3-8,17,21,24H,9-16,18-19H2,1-2H3,(H,29,31)/t21?,24?,28-/m1/s1. The summed E-state index contributed by atoms with van der Waals surface area (Å²) < 4.78 is 34.9. The molecule has 7 heteroatoms. The Kier molecular flexibility index (Phi) is 5.28. The molecule has 2 unspecified atom stereocenters. The number of benzene rings is 1. The van der Waals surface area contributed by atoms with Crippen LogP contribution in [0.4, 0.5) is 0 Å². The first-order valence-corrected chi connectivity index (χ1v) is 14.7. The molecule has 4 aliphatic rings. The van der Waals surface area contributed by atoms with E-state index >= 15 is 0 Å². The van der Waals surface area contributed by atoms with Gasteiger partial charge in [0.2, 0.25) is 10.0 Å². The van der Waals surface area contributed by atoms with E-state index in [0.717, 1.165) is 44.9 Å². The number of piperidine rings is 1. The SMILES string of the molecule is CC1(C)C2CC[C@@]1(CS(=O)(=O)N1CCC3(CCc4ccccc43)CC1)C(NC(=O)c1ccco1)C2. The van der Waals surface area contributed by atoms with Crippen molar-refractivity contribution in [3.63, 3.8) is 0 Å². The number of amides is 1. The summed E-state index contributed by atoms with van der Waals surface area (Å²) in [6.45, 7) is 5.58. The highest BCUT2D eigenvalue weighted by atomic mass is 32.2. The van der Waals surface area contributed by atoms with Crippen LogP contribution in [0.25, 0.3) is 0 Å².